The van der Waals surface area contributed by atoms with E-state index >= 15 is 0 Å². The number of carbonyl (C=O) groups is 2. The minimum Gasteiger partial charge on any atom is -0.371 e. The van der Waals surface area contributed by atoms with Crippen LogP contribution in [0.1, 0.15) is 52.9 Å². The molecule has 1 fully saturated rings. The minimum atomic E-state index is -0.338. The summed E-state index contributed by atoms with van der Waals surface area (Å²) in [6.45, 7) is 7.75. The Balaban J connectivity index is 1.55. The van der Waals surface area contributed by atoms with Crippen LogP contribution in [0.5, 0.6) is 0 Å². The Labute approximate surface area is 201 Å². The molecule has 4 rings (SSSR count). The van der Waals surface area contributed by atoms with Crippen LogP contribution in [0.3, 0.4) is 0 Å². The van der Waals surface area contributed by atoms with Crippen molar-refractivity contribution >= 4 is 29.0 Å². The van der Waals surface area contributed by atoms with Gasteiger partial charge in [0.25, 0.3) is 5.91 Å². The number of hydrogen-bond acceptors (Lipinski definition) is 3. The Bertz CT molecular complexity index is 1150. The van der Waals surface area contributed by atoms with Crippen molar-refractivity contribution in [3.8, 4) is 0 Å². The minimum absolute atomic E-state index is 0.135. The lowest BCUT2D eigenvalue weighted by Gasteiger charge is -2.23. The molecule has 176 valence electrons. The Morgan fingerprint density at radius 1 is 0.853 bits per heavy atom. The van der Waals surface area contributed by atoms with Crippen molar-refractivity contribution in [2.45, 2.75) is 39.7 Å². The molecule has 3 N–H and O–H groups in total. The van der Waals surface area contributed by atoms with Gasteiger partial charge in [0.15, 0.2) is 0 Å². The lowest BCUT2D eigenvalue weighted by Crippen LogP contribution is -2.30. The van der Waals surface area contributed by atoms with Crippen molar-refractivity contribution in [3.05, 3.63) is 89.0 Å². The Morgan fingerprint density at radius 3 is 2.21 bits per heavy atom. The molecule has 3 aromatic carbocycles. The second kappa shape index (κ2) is 10.4. The van der Waals surface area contributed by atoms with Crippen LogP contribution >= 0.6 is 0 Å². The summed E-state index contributed by atoms with van der Waals surface area (Å²) in [4.78, 5) is 28.3. The third-order valence-electron chi connectivity index (χ3n) is 6.31. The molecular formula is C28H32N4O2. The lowest BCUT2D eigenvalue weighted by molar-refractivity contribution is 0.0940. The summed E-state index contributed by atoms with van der Waals surface area (Å²) < 4.78 is 0. The van der Waals surface area contributed by atoms with Gasteiger partial charge >= 0.3 is 6.03 Å². The molecule has 0 spiro atoms. The first-order valence-electron chi connectivity index (χ1n) is 11.8. The van der Waals surface area contributed by atoms with Gasteiger partial charge in [-0.05, 0) is 68.5 Å². The first-order chi connectivity index (χ1) is 16.4. The molecule has 0 saturated carbocycles. The first-order valence-corrected chi connectivity index (χ1v) is 11.8. The average Bonchev–Trinajstić information content (AvgIpc) is 3.37. The zero-order valence-electron chi connectivity index (χ0n) is 20.0. The number of rotatable bonds is 6. The van der Waals surface area contributed by atoms with Crippen molar-refractivity contribution in [1.82, 2.24) is 5.32 Å². The molecule has 3 amide bonds. The predicted molar refractivity (Wildman–Crippen MR) is 139 cm³/mol. The quantitative estimate of drug-likeness (QED) is 0.423. The second-order valence-electron chi connectivity index (χ2n) is 8.88. The first kappa shape index (κ1) is 23.4. The van der Waals surface area contributed by atoms with E-state index in [2.05, 4.69) is 20.9 Å². The summed E-state index contributed by atoms with van der Waals surface area (Å²) in [5.74, 6) is -0.156. The fraction of sp³-hybridized carbons (Fsp3) is 0.286. The summed E-state index contributed by atoms with van der Waals surface area (Å²) in [6, 6.07) is 20.9. The molecule has 0 aromatic heterocycles. The van der Waals surface area contributed by atoms with Gasteiger partial charge in [0, 0.05) is 30.2 Å². The zero-order valence-corrected chi connectivity index (χ0v) is 20.0. The Hall–Kier alpha value is -3.80. The third kappa shape index (κ3) is 5.39. The fourth-order valence-corrected chi connectivity index (χ4v) is 4.42. The number of benzene rings is 3. The standard InChI is InChI=1S/C28H32N4O2/c1-19-10-9-11-20(2)26(19)31-28(34)30-23-14-15-25(32-16-7-8-17-32)24(18-23)27(33)29-21(3)22-12-5-4-6-13-22/h4-6,9-15,18,21H,7-8,16-17H2,1-3H3,(H,29,33)(H2,30,31,34). The fourth-order valence-electron chi connectivity index (χ4n) is 4.42. The largest absolute Gasteiger partial charge is 0.371 e. The molecule has 6 heteroatoms. The maximum Gasteiger partial charge on any atom is 0.323 e. The SMILES string of the molecule is Cc1cccc(C)c1NC(=O)Nc1ccc(N2CCCC2)c(C(=O)NC(C)c2ccccc2)c1. The number of nitrogens with zero attached hydrogens (tertiary/aromatic N) is 1. The molecule has 3 aromatic rings. The number of hydrogen-bond donors (Lipinski definition) is 3. The van der Waals surface area contributed by atoms with Crippen LogP contribution < -0.4 is 20.9 Å². The topological polar surface area (TPSA) is 73.5 Å². The van der Waals surface area contributed by atoms with Crippen LogP contribution in [0.25, 0.3) is 0 Å². The van der Waals surface area contributed by atoms with Crippen molar-refractivity contribution in [2.75, 3.05) is 28.6 Å². The van der Waals surface area contributed by atoms with Crippen molar-refractivity contribution in [3.63, 3.8) is 0 Å². The number of carbonyl (C=O) groups excluding carboxylic acids is 2. The highest BCUT2D eigenvalue weighted by molar-refractivity contribution is 6.04. The number of aryl methyl sites for hydroxylation is 2. The van der Waals surface area contributed by atoms with Gasteiger partial charge in [-0.15, -0.1) is 0 Å². The van der Waals surface area contributed by atoms with Crippen LogP contribution in [0.4, 0.5) is 21.9 Å². The van der Waals surface area contributed by atoms with E-state index in [4.69, 9.17) is 0 Å². The number of amides is 3. The number of urea groups is 1. The summed E-state index contributed by atoms with van der Waals surface area (Å²) in [5.41, 5.74) is 5.86. The van der Waals surface area contributed by atoms with E-state index in [0.29, 0.717) is 11.3 Å². The molecule has 0 bridgehead atoms. The number of nitrogens with one attached hydrogen (secondary N) is 3. The molecule has 1 heterocycles. The van der Waals surface area contributed by atoms with Gasteiger partial charge < -0.3 is 20.9 Å². The monoisotopic (exact) mass is 456 g/mol. The van der Waals surface area contributed by atoms with Crippen LogP contribution in [-0.4, -0.2) is 25.0 Å². The predicted octanol–water partition coefficient (Wildman–Crippen LogP) is 6.04. The number of anilines is 3. The molecule has 1 saturated heterocycles. The summed E-state index contributed by atoms with van der Waals surface area (Å²) in [6.07, 6.45) is 2.22. The Morgan fingerprint density at radius 2 is 1.53 bits per heavy atom. The maximum atomic E-state index is 13.4. The van der Waals surface area contributed by atoms with Gasteiger partial charge in [0.1, 0.15) is 0 Å². The van der Waals surface area contributed by atoms with Gasteiger partial charge in [-0.2, -0.15) is 0 Å². The van der Waals surface area contributed by atoms with Crippen LogP contribution in [0.15, 0.2) is 66.7 Å². The van der Waals surface area contributed by atoms with E-state index in [1.165, 1.54) is 0 Å². The van der Waals surface area contributed by atoms with Crippen LogP contribution in [0.2, 0.25) is 0 Å². The van der Waals surface area contributed by atoms with E-state index in [0.717, 1.165) is 54.0 Å². The second-order valence-corrected chi connectivity index (χ2v) is 8.88. The normalized spacial score (nSPS) is 13.9. The van der Waals surface area contributed by atoms with Crippen molar-refractivity contribution in [2.24, 2.45) is 0 Å². The molecule has 1 unspecified atom stereocenters. The lowest BCUT2D eigenvalue weighted by atomic mass is 10.1. The highest BCUT2D eigenvalue weighted by atomic mass is 16.2. The summed E-state index contributed by atoms with van der Waals surface area (Å²) >= 11 is 0. The van der Waals surface area contributed by atoms with Gasteiger partial charge in [0.05, 0.1) is 11.6 Å². The molecule has 0 radical (unpaired) electrons. The molecule has 6 nitrogen and oxygen atoms in total. The Kier molecular flexibility index (Phi) is 7.16. The molecular weight excluding hydrogens is 424 g/mol. The van der Waals surface area contributed by atoms with Crippen LogP contribution in [-0.2, 0) is 0 Å². The zero-order chi connectivity index (χ0) is 24.1. The van der Waals surface area contributed by atoms with E-state index in [1.54, 1.807) is 6.07 Å². The summed E-state index contributed by atoms with van der Waals surface area (Å²) in [7, 11) is 0. The molecule has 34 heavy (non-hydrogen) atoms. The summed E-state index contributed by atoms with van der Waals surface area (Å²) in [5, 5.41) is 8.95. The molecule has 1 aliphatic rings. The molecule has 1 atom stereocenters. The molecule has 1 aliphatic heterocycles. The van der Waals surface area contributed by atoms with Crippen molar-refractivity contribution < 1.29 is 9.59 Å². The maximum absolute atomic E-state index is 13.4. The van der Waals surface area contributed by atoms with E-state index in [-0.39, 0.29) is 18.0 Å². The molecule has 0 aliphatic carbocycles. The smallest absolute Gasteiger partial charge is 0.323 e. The van der Waals surface area contributed by atoms with Gasteiger partial charge in [-0.25, -0.2) is 4.79 Å². The van der Waals surface area contributed by atoms with Gasteiger partial charge in [-0.3, -0.25) is 4.79 Å². The highest BCUT2D eigenvalue weighted by Gasteiger charge is 2.22. The average molecular weight is 457 g/mol. The van der Waals surface area contributed by atoms with E-state index in [9.17, 15) is 9.59 Å². The third-order valence-corrected chi connectivity index (χ3v) is 6.31. The number of para-hydroxylation sites is 1. The highest BCUT2D eigenvalue weighted by Crippen LogP contribution is 2.29. The van der Waals surface area contributed by atoms with E-state index in [1.807, 2.05) is 81.4 Å². The van der Waals surface area contributed by atoms with Gasteiger partial charge in [0.2, 0.25) is 0 Å². The van der Waals surface area contributed by atoms with Gasteiger partial charge in [-0.1, -0.05) is 48.5 Å². The van der Waals surface area contributed by atoms with Crippen molar-refractivity contribution in [1.29, 1.82) is 0 Å². The van der Waals surface area contributed by atoms with Crippen LogP contribution in [0, 0.1) is 13.8 Å². The van der Waals surface area contributed by atoms with E-state index < -0.39 is 0 Å².